The second-order valence-corrected chi connectivity index (χ2v) is 0.758. The molecular formula is H2MoO3PW+. The standard InChI is InChI=1S/Mo.HO3P.W/c;1-4(2)3;/h;(H-,1,2,3);/p+1. The van der Waals surface area contributed by atoms with E-state index in [9.17, 15) is 0 Å². The van der Waals surface area contributed by atoms with Gasteiger partial charge in [-0.25, -0.2) is 0 Å². The summed E-state index contributed by atoms with van der Waals surface area (Å²) in [6, 6.07) is 0. The molecule has 0 rings (SSSR count). The maximum atomic E-state index is 8.70. The van der Waals surface area contributed by atoms with Gasteiger partial charge in [0.05, 0.1) is 0 Å². The van der Waals surface area contributed by atoms with E-state index in [1.165, 1.54) is 0 Å². The Morgan fingerprint density at radius 1 is 1.33 bits per heavy atom. The zero-order valence-corrected chi connectivity index (χ0v) is 8.40. The second-order valence-electron chi connectivity index (χ2n) is 0.253. The SMILES string of the molecule is O=[P+](O)O.[Mo].[W]. The van der Waals surface area contributed by atoms with Crippen LogP contribution in [0.5, 0.6) is 0 Å². The number of hydrogen-bond acceptors (Lipinski definition) is 1. The summed E-state index contributed by atoms with van der Waals surface area (Å²) in [6.07, 6.45) is 0. The van der Waals surface area contributed by atoms with Gasteiger partial charge in [0.25, 0.3) is 0 Å². The van der Waals surface area contributed by atoms with Gasteiger partial charge in [-0.1, -0.05) is 0 Å². The number of rotatable bonds is 0. The Bertz CT molecular complexity index is 33.8. The van der Waals surface area contributed by atoms with Gasteiger partial charge in [-0.3, -0.25) is 0 Å². The Labute approximate surface area is 64.6 Å². The molecule has 0 aliphatic heterocycles. The van der Waals surface area contributed by atoms with E-state index in [1.807, 2.05) is 0 Å². The van der Waals surface area contributed by atoms with Crippen LogP contribution >= 0.6 is 8.25 Å². The van der Waals surface area contributed by atoms with E-state index >= 15 is 0 Å². The van der Waals surface area contributed by atoms with E-state index in [1.54, 1.807) is 0 Å². The Hall–Kier alpha value is 1.40. The third kappa shape index (κ3) is 53.5. The summed E-state index contributed by atoms with van der Waals surface area (Å²) in [5, 5.41) is 0. The van der Waals surface area contributed by atoms with Crippen molar-refractivity contribution in [1.29, 1.82) is 0 Å². The average molecular weight is 361 g/mol. The molecule has 0 unspecified atom stereocenters. The molecule has 0 amide bonds. The first kappa shape index (κ1) is 15.7. The molecule has 0 heterocycles. The molecule has 3 nitrogen and oxygen atoms in total. The first-order chi connectivity index (χ1) is 1.73. The number of hydrogen-bond donors (Lipinski definition) is 2. The molecule has 6 heteroatoms. The Balaban J connectivity index is -0.0000000450. The van der Waals surface area contributed by atoms with Gasteiger partial charge in [-0.2, -0.15) is 0 Å². The van der Waals surface area contributed by atoms with Gasteiger partial charge >= 0.3 is 8.25 Å². The maximum absolute atomic E-state index is 8.70. The van der Waals surface area contributed by atoms with Crippen LogP contribution in [0, 0.1) is 0 Å². The Morgan fingerprint density at radius 2 is 1.33 bits per heavy atom. The summed E-state index contributed by atoms with van der Waals surface area (Å²) in [7, 11) is -2.87. The van der Waals surface area contributed by atoms with E-state index < -0.39 is 8.25 Å². The predicted octanol–water partition coefficient (Wildman–Crippen LogP) is -0.377. The van der Waals surface area contributed by atoms with Crippen molar-refractivity contribution < 1.29 is 56.5 Å². The van der Waals surface area contributed by atoms with Gasteiger partial charge in [0.1, 0.15) is 0 Å². The molecule has 0 aromatic rings. The van der Waals surface area contributed by atoms with Crippen LogP contribution < -0.4 is 0 Å². The molecular weight excluding hydrogens is 359 g/mol. The molecule has 0 radical (unpaired) electrons. The molecule has 0 spiro atoms. The molecule has 0 saturated carbocycles. The van der Waals surface area contributed by atoms with E-state index in [0.717, 1.165) is 0 Å². The molecule has 36 valence electrons. The molecule has 0 aliphatic rings. The second kappa shape index (κ2) is 9.64. The molecule has 0 atom stereocenters. The largest absolute Gasteiger partial charge is 0.692 e. The van der Waals surface area contributed by atoms with Crippen molar-refractivity contribution in [3.8, 4) is 0 Å². The Kier molecular flexibility index (Phi) is 25.1. The van der Waals surface area contributed by atoms with Crippen molar-refractivity contribution in [3.63, 3.8) is 0 Å². The first-order valence-corrected chi connectivity index (χ1v) is 1.75. The molecule has 6 heavy (non-hydrogen) atoms. The minimum atomic E-state index is -2.87. The van der Waals surface area contributed by atoms with Gasteiger partial charge in [0.15, 0.2) is 0 Å². The van der Waals surface area contributed by atoms with Crippen LogP contribution in [-0.4, -0.2) is 9.79 Å². The zero-order valence-electron chi connectivity index (χ0n) is 2.57. The van der Waals surface area contributed by atoms with Crippen molar-refractivity contribution in [1.82, 2.24) is 0 Å². The van der Waals surface area contributed by atoms with Gasteiger partial charge in [0, 0.05) is 46.7 Å². The molecule has 0 aliphatic carbocycles. The topological polar surface area (TPSA) is 57.5 Å². The van der Waals surface area contributed by atoms with Crippen LogP contribution in [0.15, 0.2) is 0 Å². The van der Waals surface area contributed by atoms with Gasteiger partial charge in [-0.15, -0.1) is 9.79 Å². The quantitative estimate of drug-likeness (QED) is 0.457. The van der Waals surface area contributed by atoms with Crippen LogP contribution in [0.2, 0.25) is 0 Å². The average Bonchev–Trinajstić information content (AvgIpc) is 0.811. The summed E-state index contributed by atoms with van der Waals surface area (Å²) >= 11 is 0. The minimum absolute atomic E-state index is 0. The van der Waals surface area contributed by atoms with Gasteiger partial charge in [0.2, 0.25) is 0 Å². The summed E-state index contributed by atoms with van der Waals surface area (Å²) in [4.78, 5) is 14.2. The van der Waals surface area contributed by atoms with Crippen molar-refractivity contribution in [3.05, 3.63) is 0 Å². The predicted molar refractivity (Wildman–Crippen MR) is 12.0 cm³/mol. The van der Waals surface area contributed by atoms with Crippen molar-refractivity contribution in [2.75, 3.05) is 0 Å². The molecule has 0 saturated heterocycles. The fraction of sp³-hybridized carbons (Fsp3) is 0. The van der Waals surface area contributed by atoms with Crippen molar-refractivity contribution in [2.45, 2.75) is 0 Å². The van der Waals surface area contributed by atoms with E-state index in [-0.39, 0.29) is 42.1 Å². The zero-order chi connectivity index (χ0) is 3.58. The van der Waals surface area contributed by atoms with Gasteiger partial charge < -0.3 is 0 Å². The van der Waals surface area contributed by atoms with E-state index in [4.69, 9.17) is 14.4 Å². The molecule has 0 bridgehead atoms. The normalized spacial score (nSPS) is 4.33. The fourth-order valence-electron chi connectivity index (χ4n) is 0. The molecule has 0 aromatic heterocycles. The van der Waals surface area contributed by atoms with Crippen LogP contribution in [0.3, 0.4) is 0 Å². The molecule has 2 N–H and O–H groups in total. The Morgan fingerprint density at radius 3 is 1.33 bits per heavy atom. The van der Waals surface area contributed by atoms with Crippen LogP contribution in [0.25, 0.3) is 0 Å². The van der Waals surface area contributed by atoms with Crippen LogP contribution in [0.4, 0.5) is 0 Å². The summed E-state index contributed by atoms with van der Waals surface area (Å²) < 4.78 is 8.70. The summed E-state index contributed by atoms with van der Waals surface area (Å²) in [5.41, 5.74) is 0. The van der Waals surface area contributed by atoms with Gasteiger partial charge in [-0.05, 0) is 0 Å². The fourth-order valence-corrected chi connectivity index (χ4v) is 0. The first-order valence-electron chi connectivity index (χ1n) is 0.583. The van der Waals surface area contributed by atoms with Crippen LogP contribution in [-0.2, 0) is 46.7 Å². The van der Waals surface area contributed by atoms with Crippen LogP contribution in [0.1, 0.15) is 0 Å². The smallest absolute Gasteiger partial charge is 0.134 e. The monoisotopic (exact) mass is 363 g/mol. The van der Waals surface area contributed by atoms with Crippen molar-refractivity contribution >= 4 is 8.25 Å². The van der Waals surface area contributed by atoms with E-state index in [0.29, 0.717) is 0 Å². The van der Waals surface area contributed by atoms with Crippen molar-refractivity contribution in [2.24, 2.45) is 0 Å². The molecule has 0 fully saturated rings. The summed E-state index contributed by atoms with van der Waals surface area (Å²) in [6.45, 7) is 0. The maximum Gasteiger partial charge on any atom is 0.692 e. The molecule has 0 aromatic carbocycles. The summed E-state index contributed by atoms with van der Waals surface area (Å²) in [5.74, 6) is 0. The minimum Gasteiger partial charge on any atom is -0.134 e. The third-order valence-corrected chi connectivity index (χ3v) is 0. The third-order valence-electron chi connectivity index (χ3n) is 0. The van der Waals surface area contributed by atoms with E-state index in [2.05, 4.69) is 0 Å².